The van der Waals surface area contributed by atoms with Gasteiger partial charge in [-0.05, 0) is 24.1 Å². The SMILES string of the molecule is CCC(C)S(=O)CCC(=O)Nc1ccc(CN)cc1. The highest BCUT2D eigenvalue weighted by molar-refractivity contribution is 7.85. The van der Waals surface area contributed by atoms with Crippen LogP contribution >= 0.6 is 0 Å². The average molecular weight is 282 g/mol. The number of rotatable bonds is 7. The van der Waals surface area contributed by atoms with Gasteiger partial charge in [0.2, 0.25) is 5.91 Å². The molecular formula is C14H22N2O2S. The van der Waals surface area contributed by atoms with Gasteiger partial charge in [-0.25, -0.2) is 0 Å². The van der Waals surface area contributed by atoms with Crippen LogP contribution in [0.2, 0.25) is 0 Å². The van der Waals surface area contributed by atoms with E-state index in [1.165, 1.54) is 0 Å². The molecule has 1 aromatic carbocycles. The normalized spacial score (nSPS) is 13.8. The van der Waals surface area contributed by atoms with Crippen molar-refractivity contribution in [2.24, 2.45) is 5.73 Å². The van der Waals surface area contributed by atoms with Crippen molar-refractivity contribution in [3.63, 3.8) is 0 Å². The van der Waals surface area contributed by atoms with Crippen LogP contribution in [0.15, 0.2) is 24.3 Å². The summed E-state index contributed by atoms with van der Waals surface area (Å²) < 4.78 is 11.7. The molecule has 1 amide bonds. The highest BCUT2D eigenvalue weighted by atomic mass is 32.2. The Hall–Kier alpha value is -1.20. The summed E-state index contributed by atoms with van der Waals surface area (Å²) in [4.78, 5) is 11.7. The largest absolute Gasteiger partial charge is 0.326 e. The third kappa shape index (κ3) is 5.53. The highest BCUT2D eigenvalue weighted by Crippen LogP contribution is 2.10. The van der Waals surface area contributed by atoms with E-state index in [0.29, 0.717) is 12.3 Å². The second-order valence-corrected chi connectivity index (χ2v) is 6.48. The van der Waals surface area contributed by atoms with E-state index in [0.717, 1.165) is 17.7 Å². The quantitative estimate of drug-likeness (QED) is 0.803. The first kappa shape index (κ1) is 15.9. The Morgan fingerprint density at radius 3 is 2.53 bits per heavy atom. The Kier molecular flexibility index (Phi) is 6.73. The molecule has 0 spiro atoms. The Morgan fingerprint density at radius 1 is 1.37 bits per heavy atom. The minimum atomic E-state index is -0.926. The van der Waals surface area contributed by atoms with Crippen LogP contribution in [0, 0.1) is 0 Å². The van der Waals surface area contributed by atoms with Gasteiger partial charge in [0.25, 0.3) is 0 Å². The van der Waals surface area contributed by atoms with Crippen LogP contribution < -0.4 is 11.1 Å². The predicted octanol–water partition coefficient (Wildman–Crippen LogP) is 2.02. The number of hydrogen-bond acceptors (Lipinski definition) is 3. The molecule has 0 saturated heterocycles. The molecule has 2 atom stereocenters. The maximum Gasteiger partial charge on any atom is 0.225 e. The standard InChI is InChI=1S/C14H22N2O2S/c1-3-11(2)19(18)9-8-14(17)16-13-6-4-12(10-15)5-7-13/h4-7,11H,3,8-10,15H2,1-2H3,(H,16,17). The molecule has 0 fully saturated rings. The molecule has 0 aliphatic carbocycles. The lowest BCUT2D eigenvalue weighted by atomic mass is 10.2. The zero-order chi connectivity index (χ0) is 14.3. The van der Waals surface area contributed by atoms with Crippen LogP contribution in [0.4, 0.5) is 5.69 Å². The number of carbonyl (C=O) groups is 1. The molecule has 106 valence electrons. The third-order valence-corrected chi connectivity index (χ3v) is 4.86. The van der Waals surface area contributed by atoms with Gasteiger partial charge in [-0.3, -0.25) is 9.00 Å². The summed E-state index contributed by atoms with van der Waals surface area (Å²) in [5.74, 6) is 0.319. The fourth-order valence-electron chi connectivity index (χ4n) is 1.53. The molecule has 0 radical (unpaired) electrons. The zero-order valence-electron chi connectivity index (χ0n) is 11.5. The van der Waals surface area contributed by atoms with Gasteiger partial charge in [0.1, 0.15) is 0 Å². The van der Waals surface area contributed by atoms with Crippen molar-refractivity contribution in [3.05, 3.63) is 29.8 Å². The first-order valence-electron chi connectivity index (χ1n) is 6.52. The average Bonchev–Trinajstić information content (AvgIpc) is 2.44. The van der Waals surface area contributed by atoms with Gasteiger partial charge in [0.05, 0.1) is 0 Å². The van der Waals surface area contributed by atoms with Gasteiger partial charge in [-0.2, -0.15) is 0 Å². The van der Waals surface area contributed by atoms with E-state index < -0.39 is 10.8 Å². The second kappa shape index (κ2) is 8.07. The van der Waals surface area contributed by atoms with Crippen LogP contribution in [0.25, 0.3) is 0 Å². The smallest absolute Gasteiger partial charge is 0.225 e. The topological polar surface area (TPSA) is 72.2 Å². The van der Waals surface area contributed by atoms with Gasteiger partial charge in [-0.15, -0.1) is 0 Å². The molecule has 0 aliphatic rings. The van der Waals surface area contributed by atoms with Crippen molar-refractivity contribution in [1.82, 2.24) is 0 Å². The van der Waals surface area contributed by atoms with Crippen molar-refractivity contribution in [2.45, 2.75) is 38.5 Å². The van der Waals surface area contributed by atoms with Crippen molar-refractivity contribution in [1.29, 1.82) is 0 Å². The molecule has 1 aromatic rings. The Labute approximate surface area is 117 Å². The van der Waals surface area contributed by atoms with Crippen molar-refractivity contribution < 1.29 is 9.00 Å². The number of anilines is 1. The first-order valence-corrected chi connectivity index (χ1v) is 7.91. The summed E-state index contributed by atoms with van der Waals surface area (Å²) in [7, 11) is -0.926. The van der Waals surface area contributed by atoms with E-state index in [9.17, 15) is 9.00 Å². The summed E-state index contributed by atoms with van der Waals surface area (Å²) in [6.07, 6.45) is 1.16. The Bertz CT molecular complexity index is 432. The summed E-state index contributed by atoms with van der Waals surface area (Å²) in [6.45, 7) is 4.43. The van der Waals surface area contributed by atoms with E-state index in [-0.39, 0.29) is 17.6 Å². The summed E-state index contributed by atoms with van der Waals surface area (Å²) in [5, 5.41) is 2.94. The van der Waals surface area contributed by atoms with Crippen molar-refractivity contribution >= 4 is 22.4 Å². The van der Waals surface area contributed by atoms with Crippen LogP contribution in [-0.2, 0) is 22.1 Å². The molecule has 3 N–H and O–H groups in total. The minimum absolute atomic E-state index is 0.0999. The summed E-state index contributed by atoms with van der Waals surface area (Å²) >= 11 is 0. The van der Waals surface area contributed by atoms with Gasteiger partial charge >= 0.3 is 0 Å². The number of carbonyl (C=O) groups excluding carboxylic acids is 1. The molecule has 0 bridgehead atoms. The number of hydrogen-bond donors (Lipinski definition) is 2. The highest BCUT2D eigenvalue weighted by Gasteiger charge is 2.11. The fourth-order valence-corrected chi connectivity index (χ4v) is 2.69. The lowest BCUT2D eigenvalue weighted by Gasteiger charge is -2.09. The molecule has 5 heteroatoms. The number of benzene rings is 1. The number of nitrogens with two attached hydrogens (primary N) is 1. The minimum Gasteiger partial charge on any atom is -0.326 e. The van der Waals surface area contributed by atoms with Gasteiger partial charge in [0, 0.05) is 40.5 Å². The maximum absolute atomic E-state index is 11.7. The lowest BCUT2D eigenvalue weighted by Crippen LogP contribution is -2.19. The molecule has 0 saturated carbocycles. The van der Waals surface area contributed by atoms with Gasteiger partial charge in [-0.1, -0.05) is 26.0 Å². The van der Waals surface area contributed by atoms with Crippen LogP contribution in [0.3, 0.4) is 0 Å². The molecule has 2 unspecified atom stereocenters. The molecule has 4 nitrogen and oxygen atoms in total. The molecular weight excluding hydrogens is 260 g/mol. The summed E-state index contributed by atoms with van der Waals surface area (Å²) in [5.41, 5.74) is 7.27. The first-order chi connectivity index (χ1) is 9.06. The predicted molar refractivity (Wildman–Crippen MR) is 80.3 cm³/mol. The fraction of sp³-hybridized carbons (Fsp3) is 0.500. The van der Waals surface area contributed by atoms with Gasteiger partial charge in [0.15, 0.2) is 0 Å². The molecule has 0 heterocycles. The van der Waals surface area contributed by atoms with Crippen LogP contribution in [-0.4, -0.2) is 21.1 Å². The molecule has 0 aliphatic heterocycles. The van der Waals surface area contributed by atoms with E-state index in [2.05, 4.69) is 5.32 Å². The van der Waals surface area contributed by atoms with E-state index >= 15 is 0 Å². The summed E-state index contributed by atoms with van der Waals surface area (Å²) in [6, 6.07) is 7.41. The van der Waals surface area contributed by atoms with E-state index in [4.69, 9.17) is 5.73 Å². The van der Waals surface area contributed by atoms with Crippen molar-refractivity contribution in [3.8, 4) is 0 Å². The molecule has 19 heavy (non-hydrogen) atoms. The van der Waals surface area contributed by atoms with E-state index in [1.54, 1.807) is 0 Å². The zero-order valence-corrected chi connectivity index (χ0v) is 12.3. The van der Waals surface area contributed by atoms with Gasteiger partial charge < -0.3 is 11.1 Å². The number of nitrogens with one attached hydrogen (secondary N) is 1. The Morgan fingerprint density at radius 2 is 2.00 bits per heavy atom. The van der Waals surface area contributed by atoms with Crippen molar-refractivity contribution in [2.75, 3.05) is 11.1 Å². The van der Waals surface area contributed by atoms with Crippen LogP contribution in [0.5, 0.6) is 0 Å². The Balaban J connectivity index is 2.40. The lowest BCUT2D eigenvalue weighted by molar-refractivity contribution is -0.115. The third-order valence-electron chi connectivity index (χ3n) is 3.03. The van der Waals surface area contributed by atoms with Crippen LogP contribution in [0.1, 0.15) is 32.3 Å². The molecule has 1 rings (SSSR count). The number of amides is 1. The second-order valence-electron chi connectivity index (χ2n) is 4.50. The molecule has 0 aromatic heterocycles. The monoisotopic (exact) mass is 282 g/mol. The van der Waals surface area contributed by atoms with E-state index in [1.807, 2.05) is 38.1 Å². The maximum atomic E-state index is 11.7.